The fourth-order valence-electron chi connectivity index (χ4n) is 4.27. The van der Waals surface area contributed by atoms with Gasteiger partial charge in [0.25, 0.3) is 0 Å². The maximum Gasteiger partial charge on any atom is 0.191 e. The lowest BCUT2D eigenvalue weighted by Crippen LogP contribution is -2.44. The molecule has 2 N–H and O–H groups in total. The summed E-state index contributed by atoms with van der Waals surface area (Å²) in [6.07, 6.45) is 9.83. The van der Waals surface area contributed by atoms with Crippen LogP contribution < -0.4 is 15.5 Å². The van der Waals surface area contributed by atoms with E-state index in [0.29, 0.717) is 12.6 Å². The molecule has 2 fully saturated rings. The predicted molar refractivity (Wildman–Crippen MR) is 133 cm³/mol. The number of anilines is 1. The second-order valence-corrected chi connectivity index (χ2v) is 7.93. The first-order chi connectivity index (χ1) is 13.8. The third-order valence-corrected chi connectivity index (χ3v) is 5.91. The van der Waals surface area contributed by atoms with Crippen molar-refractivity contribution < 1.29 is 0 Å². The molecule has 0 bridgehead atoms. The number of hydrogen-bond donors (Lipinski definition) is 2. The van der Waals surface area contributed by atoms with Gasteiger partial charge >= 0.3 is 0 Å². The normalized spacial score (nSPS) is 20.8. The number of nitrogens with one attached hydrogen (secondary N) is 2. The zero-order valence-corrected chi connectivity index (χ0v) is 20.5. The van der Waals surface area contributed by atoms with Crippen molar-refractivity contribution in [2.24, 2.45) is 4.99 Å². The molecule has 3 rings (SSSR count). The van der Waals surface area contributed by atoms with Crippen molar-refractivity contribution in [2.75, 3.05) is 44.2 Å². The Balaban J connectivity index is 0.00000300. The standard InChI is InChI=1S/C22H38N6.HI/c1-3-23-22(26-18-20-10-9-15-27(20)4-2)25-17-19-11-12-21(24-16-19)28-13-7-5-6-8-14-28;/h11-12,16,20H,3-10,13-15,17-18H2,1-2H3,(H2,23,25,26);1H. The van der Waals surface area contributed by atoms with Gasteiger partial charge < -0.3 is 15.5 Å². The molecule has 3 heterocycles. The molecule has 164 valence electrons. The third kappa shape index (κ3) is 7.59. The lowest BCUT2D eigenvalue weighted by atomic mass is 10.2. The van der Waals surface area contributed by atoms with Crippen molar-refractivity contribution in [3.05, 3.63) is 23.9 Å². The molecule has 0 aliphatic carbocycles. The summed E-state index contributed by atoms with van der Waals surface area (Å²) in [5.41, 5.74) is 1.16. The fourth-order valence-corrected chi connectivity index (χ4v) is 4.27. The van der Waals surface area contributed by atoms with E-state index in [1.54, 1.807) is 0 Å². The first-order valence-electron chi connectivity index (χ1n) is 11.3. The van der Waals surface area contributed by atoms with Crippen LogP contribution in [0.2, 0.25) is 0 Å². The Bertz CT molecular complexity index is 598. The van der Waals surface area contributed by atoms with Gasteiger partial charge in [-0.1, -0.05) is 25.8 Å². The van der Waals surface area contributed by atoms with E-state index in [4.69, 9.17) is 9.98 Å². The molecule has 29 heavy (non-hydrogen) atoms. The topological polar surface area (TPSA) is 55.8 Å². The number of rotatable bonds is 7. The molecule has 0 amide bonds. The molecule has 2 saturated heterocycles. The number of aromatic nitrogens is 1. The average Bonchev–Trinajstić information content (AvgIpc) is 3.01. The van der Waals surface area contributed by atoms with Crippen LogP contribution in [0.15, 0.2) is 23.3 Å². The number of halogens is 1. The zero-order chi connectivity index (χ0) is 19.6. The van der Waals surface area contributed by atoms with Crippen LogP contribution in [0.1, 0.15) is 57.9 Å². The van der Waals surface area contributed by atoms with Crippen LogP contribution >= 0.6 is 24.0 Å². The molecule has 1 aromatic rings. The lowest BCUT2D eigenvalue weighted by Gasteiger charge is -2.24. The number of likely N-dealkylation sites (tertiary alicyclic amines) is 1. The summed E-state index contributed by atoms with van der Waals surface area (Å²) in [7, 11) is 0. The summed E-state index contributed by atoms with van der Waals surface area (Å²) < 4.78 is 0. The first-order valence-corrected chi connectivity index (χ1v) is 11.3. The highest BCUT2D eigenvalue weighted by molar-refractivity contribution is 14.0. The van der Waals surface area contributed by atoms with Gasteiger partial charge in [0.05, 0.1) is 6.54 Å². The summed E-state index contributed by atoms with van der Waals surface area (Å²) in [5, 5.41) is 6.91. The number of guanidine groups is 1. The van der Waals surface area contributed by atoms with E-state index in [1.165, 1.54) is 45.1 Å². The molecule has 1 atom stereocenters. The summed E-state index contributed by atoms with van der Waals surface area (Å²) in [5.74, 6) is 2.02. The van der Waals surface area contributed by atoms with Gasteiger partial charge in [-0.3, -0.25) is 4.90 Å². The largest absolute Gasteiger partial charge is 0.357 e. The highest BCUT2D eigenvalue weighted by Crippen LogP contribution is 2.18. The van der Waals surface area contributed by atoms with Gasteiger partial charge in [0, 0.05) is 38.4 Å². The number of likely N-dealkylation sites (N-methyl/N-ethyl adjacent to an activating group) is 1. The SMILES string of the molecule is CCNC(=NCc1ccc(N2CCCCCC2)nc1)NCC1CCCN1CC.I. The minimum absolute atomic E-state index is 0. The molecular formula is C22H39IN6. The van der Waals surface area contributed by atoms with Crippen LogP contribution in [0.5, 0.6) is 0 Å². The van der Waals surface area contributed by atoms with Crippen LogP contribution in [0, 0.1) is 0 Å². The van der Waals surface area contributed by atoms with Gasteiger partial charge in [0.1, 0.15) is 5.82 Å². The molecule has 2 aliphatic rings. The molecule has 1 unspecified atom stereocenters. The van der Waals surface area contributed by atoms with Crippen LogP contribution in [0.25, 0.3) is 0 Å². The van der Waals surface area contributed by atoms with Crippen LogP contribution in [-0.4, -0.2) is 61.2 Å². The van der Waals surface area contributed by atoms with Crippen LogP contribution in [0.3, 0.4) is 0 Å². The molecule has 0 spiro atoms. The van der Waals surface area contributed by atoms with Crippen molar-refractivity contribution in [3.8, 4) is 0 Å². The second-order valence-electron chi connectivity index (χ2n) is 7.93. The van der Waals surface area contributed by atoms with E-state index in [9.17, 15) is 0 Å². The number of aliphatic imine (C=N–C) groups is 1. The van der Waals surface area contributed by atoms with Gasteiger partial charge in [0.15, 0.2) is 5.96 Å². The Morgan fingerprint density at radius 1 is 1.07 bits per heavy atom. The van der Waals surface area contributed by atoms with E-state index < -0.39 is 0 Å². The highest BCUT2D eigenvalue weighted by Gasteiger charge is 2.22. The summed E-state index contributed by atoms with van der Waals surface area (Å²) in [6.45, 7) is 11.5. The predicted octanol–water partition coefficient (Wildman–Crippen LogP) is 3.62. The summed E-state index contributed by atoms with van der Waals surface area (Å²) >= 11 is 0. The van der Waals surface area contributed by atoms with Crippen LogP contribution in [0.4, 0.5) is 5.82 Å². The minimum atomic E-state index is 0. The van der Waals surface area contributed by atoms with Gasteiger partial charge in [-0.25, -0.2) is 9.98 Å². The molecular weight excluding hydrogens is 475 g/mol. The van der Waals surface area contributed by atoms with E-state index in [2.05, 4.69) is 46.4 Å². The number of pyridine rings is 1. The molecule has 2 aliphatic heterocycles. The number of nitrogens with zero attached hydrogens (tertiary/aromatic N) is 4. The third-order valence-electron chi connectivity index (χ3n) is 5.91. The fraction of sp³-hybridized carbons (Fsp3) is 0.727. The smallest absolute Gasteiger partial charge is 0.191 e. The van der Waals surface area contributed by atoms with Crippen molar-refractivity contribution in [1.29, 1.82) is 0 Å². The molecule has 0 saturated carbocycles. The summed E-state index contributed by atoms with van der Waals surface area (Å²) in [4.78, 5) is 14.5. The lowest BCUT2D eigenvalue weighted by molar-refractivity contribution is 0.267. The zero-order valence-electron chi connectivity index (χ0n) is 18.2. The molecule has 0 aromatic carbocycles. The van der Waals surface area contributed by atoms with Crippen LogP contribution in [-0.2, 0) is 6.54 Å². The first kappa shape index (κ1) is 24.2. The molecule has 1 aromatic heterocycles. The average molecular weight is 515 g/mol. The number of hydrogen-bond acceptors (Lipinski definition) is 4. The molecule has 6 nitrogen and oxygen atoms in total. The Hall–Kier alpha value is -1.09. The minimum Gasteiger partial charge on any atom is -0.357 e. The summed E-state index contributed by atoms with van der Waals surface area (Å²) in [6, 6.07) is 4.97. The van der Waals surface area contributed by atoms with E-state index in [0.717, 1.165) is 50.1 Å². The second kappa shape index (κ2) is 13.3. The van der Waals surface area contributed by atoms with Gasteiger partial charge in [-0.05, 0) is 57.3 Å². The van der Waals surface area contributed by atoms with Gasteiger partial charge in [-0.2, -0.15) is 0 Å². The van der Waals surface area contributed by atoms with Gasteiger partial charge in [0.2, 0.25) is 0 Å². The highest BCUT2D eigenvalue weighted by atomic mass is 127. The Morgan fingerprint density at radius 2 is 1.86 bits per heavy atom. The quantitative estimate of drug-likeness (QED) is 0.331. The van der Waals surface area contributed by atoms with E-state index in [-0.39, 0.29) is 24.0 Å². The Morgan fingerprint density at radius 3 is 2.52 bits per heavy atom. The Kier molecular flexibility index (Phi) is 11.1. The van der Waals surface area contributed by atoms with Crippen molar-refractivity contribution in [1.82, 2.24) is 20.5 Å². The maximum atomic E-state index is 4.78. The molecule has 0 radical (unpaired) electrons. The van der Waals surface area contributed by atoms with Crippen molar-refractivity contribution in [3.63, 3.8) is 0 Å². The maximum absolute atomic E-state index is 4.78. The van der Waals surface area contributed by atoms with Gasteiger partial charge in [-0.15, -0.1) is 24.0 Å². The Labute approximate surface area is 194 Å². The monoisotopic (exact) mass is 514 g/mol. The van der Waals surface area contributed by atoms with E-state index in [1.807, 2.05) is 6.20 Å². The van der Waals surface area contributed by atoms with Crippen molar-refractivity contribution >= 4 is 35.8 Å². The molecule has 7 heteroatoms. The van der Waals surface area contributed by atoms with Crippen molar-refractivity contribution in [2.45, 2.75) is 65.0 Å². The van der Waals surface area contributed by atoms with E-state index >= 15 is 0 Å².